The fourth-order valence-electron chi connectivity index (χ4n) is 4.56. The molecule has 0 radical (unpaired) electrons. The van der Waals surface area contributed by atoms with E-state index in [4.69, 9.17) is 4.98 Å². The number of piperidine rings is 1. The molecular weight excluding hydrogens is 444 g/mol. The summed E-state index contributed by atoms with van der Waals surface area (Å²) in [7, 11) is 0. The van der Waals surface area contributed by atoms with Gasteiger partial charge in [0, 0.05) is 25.6 Å². The predicted octanol–water partition coefficient (Wildman–Crippen LogP) is 4.58. The number of aromatic nitrogens is 2. The lowest BCUT2D eigenvalue weighted by Crippen LogP contribution is -2.43. The van der Waals surface area contributed by atoms with Crippen LogP contribution in [-0.2, 0) is 4.79 Å². The molecule has 1 atom stereocenters. The normalized spacial score (nSPS) is 15.4. The SMILES string of the molecule is C[C@@H](CNC(=O)C1CCN(c2nc3ccsc3c(=O)n2-c2ccccc2)CC1)c1ccccc1. The first-order valence-corrected chi connectivity index (χ1v) is 12.6. The number of carbonyl (C=O) groups excluding carboxylic acids is 1. The van der Waals surface area contributed by atoms with Crippen molar-refractivity contribution in [3.8, 4) is 5.69 Å². The second kappa shape index (κ2) is 9.81. The van der Waals surface area contributed by atoms with Crippen molar-refractivity contribution in [3.05, 3.63) is 88.0 Å². The molecule has 1 aliphatic heterocycles. The van der Waals surface area contributed by atoms with Crippen molar-refractivity contribution in [3.63, 3.8) is 0 Å². The standard InChI is InChI=1S/C27H28N4O2S/c1-19(20-8-4-2-5-9-20)18-28-25(32)21-12-15-30(16-13-21)27-29-23-14-17-34-24(23)26(33)31(27)22-10-6-3-7-11-22/h2-11,14,17,19,21H,12-13,15-16,18H2,1H3,(H,28,32)/t19-/m0/s1. The Morgan fingerprint density at radius 1 is 1.06 bits per heavy atom. The van der Waals surface area contributed by atoms with Crippen LogP contribution in [0, 0.1) is 5.92 Å². The summed E-state index contributed by atoms with van der Waals surface area (Å²) in [6.45, 7) is 4.13. The van der Waals surface area contributed by atoms with Crippen molar-refractivity contribution in [1.82, 2.24) is 14.9 Å². The molecule has 34 heavy (non-hydrogen) atoms. The Hall–Kier alpha value is -3.45. The third kappa shape index (κ3) is 4.48. The van der Waals surface area contributed by atoms with Crippen LogP contribution in [0.3, 0.4) is 0 Å². The number of para-hydroxylation sites is 1. The highest BCUT2D eigenvalue weighted by Gasteiger charge is 2.28. The minimum absolute atomic E-state index is 0.0269. The summed E-state index contributed by atoms with van der Waals surface area (Å²) in [5, 5.41) is 5.05. The summed E-state index contributed by atoms with van der Waals surface area (Å²) in [5.41, 5.74) is 2.72. The number of thiophene rings is 1. The van der Waals surface area contributed by atoms with E-state index in [0.29, 0.717) is 30.3 Å². The molecular formula is C27H28N4O2S. The summed E-state index contributed by atoms with van der Waals surface area (Å²) in [6.07, 6.45) is 1.47. The van der Waals surface area contributed by atoms with Crippen molar-refractivity contribution in [2.45, 2.75) is 25.7 Å². The maximum atomic E-state index is 13.3. The molecule has 1 saturated heterocycles. The van der Waals surface area contributed by atoms with Crippen LogP contribution in [0.1, 0.15) is 31.2 Å². The lowest BCUT2D eigenvalue weighted by molar-refractivity contribution is -0.125. The molecule has 0 spiro atoms. The zero-order valence-corrected chi connectivity index (χ0v) is 20.0. The molecule has 2 aromatic heterocycles. The first-order chi connectivity index (χ1) is 16.6. The fourth-order valence-corrected chi connectivity index (χ4v) is 5.32. The van der Waals surface area contributed by atoms with Gasteiger partial charge in [-0.25, -0.2) is 9.55 Å². The molecule has 174 valence electrons. The molecule has 1 fully saturated rings. The third-order valence-electron chi connectivity index (χ3n) is 6.58. The number of rotatable bonds is 6. The van der Waals surface area contributed by atoms with E-state index < -0.39 is 0 Å². The van der Waals surface area contributed by atoms with Gasteiger partial charge < -0.3 is 10.2 Å². The van der Waals surface area contributed by atoms with Gasteiger partial charge in [-0.1, -0.05) is 55.5 Å². The van der Waals surface area contributed by atoms with Gasteiger partial charge in [-0.05, 0) is 47.9 Å². The molecule has 1 aliphatic rings. The maximum absolute atomic E-state index is 13.3. The van der Waals surface area contributed by atoms with Crippen molar-refractivity contribution >= 4 is 33.4 Å². The van der Waals surface area contributed by atoms with Gasteiger partial charge in [0.1, 0.15) is 4.70 Å². The van der Waals surface area contributed by atoms with Crippen LogP contribution in [0.4, 0.5) is 5.95 Å². The van der Waals surface area contributed by atoms with Crippen LogP contribution in [0.15, 0.2) is 76.9 Å². The Labute approximate surface area is 202 Å². The number of carbonyl (C=O) groups is 1. The van der Waals surface area contributed by atoms with Crippen LogP contribution in [-0.4, -0.2) is 35.1 Å². The first kappa shape index (κ1) is 22.3. The number of anilines is 1. The number of hydrogen-bond donors (Lipinski definition) is 1. The minimum Gasteiger partial charge on any atom is -0.355 e. The molecule has 1 amide bonds. The summed E-state index contributed by atoms with van der Waals surface area (Å²) < 4.78 is 2.37. The van der Waals surface area contributed by atoms with E-state index in [2.05, 4.69) is 29.3 Å². The van der Waals surface area contributed by atoms with Crippen LogP contribution in [0.2, 0.25) is 0 Å². The van der Waals surface area contributed by atoms with Gasteiger partial charge in [-0.2, -0.15) is 0 Å². The molecule has 0 saturated carbocycles. The Morgan fingerprint density at radius 2 is 1.74 bits per heavy atom. The Balaban J connectivity index is 1.30. The number of nitrogens with zero attached hydrogens (tertiary/aromatic N) is 3. The Kier molecular flexibility index (Phi) is 6.45. The van der Waals surface area contributed by atoms with Gasteiger partial charge in [0.2, 0.25) is 11.9 Å². The summed E-state index contributed by atoms with van der Waals surface area (Å²) in [6, 6.07) is 21.8. The topological polar surface area (TPSA) is 67.2 Å². The number of fused-ring (bicyclic) bond motifs is 1. The van der Waals surface area contributed by atoms with E-state index in [-0.39, 0.29) is 23.3 Å². The van der Waals surface area contributed by atoms with E-state index in [1.54, 1.807) is 4.57 Å². The molecule has 4 aromatic rings. The van der Waals surface area contributed by atoms with E-state index in [9.17, 15) is 9.59 Å². The van der Waals surface area contributed by atoms with Crippen LogP contribution in [0.5, 0.6) is 0 Å². The van der Waals surface area contributed by atoms with Gasteiger partial charge in [0.15, 0.2) is 0 Å². The number of hydrogen-bond acceptors (Lipinski definition) is 5. The lowest BCUT2D eigenvalue weighted by atomic mass is 9.95. The smallest absolute Gasteiger partial charge is 0.277 e. The molecule has 7 heteroatoms. The van der Waals surface area contributed by atoms with Crippen molar-refractivity contribution in [1.29, 1.82) is 0 Å². The minimum atomic E-state index is -0.0454. The quantitative estimate of drug-likeness (QED) is 0.446. The number of benzene rings is 2. The average Bonchev–Trinajstić information content (AvgIpc) is 3.37. The van der Waals surface area contributed by atoms with Crippen LogP contribution in [0.25, 0.3) is 15.9 Å². The molecule has 0 unspecified atom stereocenters. The summed E-state index contributed by atoms with van der Waals surface area (Å²) in [5.74, 6) is 1.01. The van der Waals surface area contributed by atoms with Gasteiger partial charge in [-0.15, -0.1) is 11.3 Å². The van der Waals surface area contributed by atoms with Crippen molar-refractivity contribution in [2.24, 2.45) is 5.92 Å². The van der Waals surface area contributed by atoms with Crippen molar-refractivity contribution in [2.75, 3.05) is 24.5 Å². The molecule has 6 nitrogen and oxygen atoms in total. The van der Waals surface area contributed by atoms with Crippen LogP contribution < -0.4 is 15.8 Å². The molecule has 5 rings (SSSR count). The first-order valence-electron chi connectivity index (χ1n) is 11.7. The fraction of sp³-hybridized carbons (Fsp3) is 0.296. The molecule has 3 heterocycles. The van der Waals surface area contributed by atoms with E-state index in [1.165, 1.54) is 16.9 Å². The zero-order valence-electron chi connectivity index (χ0n) is 19.2. The lowest BCUT2D eigenvalue weighted by Gasteiger charge is -2.33. The molecule has 2 aromatic carbocycles. The van der Waals surface area contributed by atoms with Crippen molar-refractivity contribution < 1.29 is 4.79 Å². The molecule has 0 bridgehead atoms. The summed E-state index contributed by atoms with van der Waals surface area (Å²) in [4.78, 5) is 33.2. The zero-order chi connectivity index (χ0) is 23.5. The molecule has 0 aliphatic carbocycles. The predicted molar refractivity (Wildman–Crippen MR) is 138 cm³/mol. The van der Waals surface area contributed by atoms with E-state index in [1.807, 2.05) is 60.0 Å². The van der Waals surface area contributed by atoms with E-state index >= 15 is 0 Å². The Bertz CT molecular complexity index is 1330. The average molecular weight is 473 g/mol. The van der Waals surface area contributed by atoms with Crippen LogP contribution >= 0.6 is 11.3 Å². The second-order valence-corrected chi connectivity index (χ2v) is 9.76. The summed E-state index contributed by atoms with van der Waals surface area (Å²) >= 11 is 1.42. The maximum Gasteiger partial charge on any atom is 0.277 e. The van der Waals surface area contributed by atoms with Gasteiger partial charge in [-0.3, -0.25) is 9.59 Å². The van der Waals surface area contributed by atoms with E-state index in [0.717, 1.165) is 24.0 Å². The highest BCUT2D eigenvalue weighted by molar-refractivity contribution is 7.17. The molecule has 1 N–H and O–H groups in total. The number of amides is 1. The highest BCUT2D eigenvalue weighted by atomic mass is 32.1. The largest absolute Gasteiger partial charge is 0.355 e. The number of nitrogens with one attached hydrogen (secondary N) is 1. The second-order valence-electron chi connectivity index (χ2n) is 8.84. The highest BCUT2D eigenvalue weighted by Crippen LogP contribution is 2.26. The van der Waals surface area contributed by atoms with Gasteiger partial charge >= 0.3 is 0 Å². The third-order valence-corrected chi connectivity index (χ3v) is 7.47. The van der Waals surface area contributed by atoms with Gasteiger partial charge in [0.25, 0.3) is 5.56 Å². The van der Waals surface area contributed by atoms with Gasteiger partial charge in [0.05, 0.1) is 11.2 Å². The Morgan fingerprint density at radius 3 is 2.44 bits per heavy atom. The monoisotopic (exact) mass is 472 g/mol.